The number of hydrogen-bond donors (Lipinski definition) is 1. The molecule has 8 heteroatoms. The van der Waals surface area contributed by atoms with Crippen LogP contribution in [0, 0.1) is 13.8 Å². The van der Waals surface area contributed by atoms with Crippen LogP contribution in [0.2, 0.25) is 0 Å². The van der Waals surface area contributed by atoms with Crippen LogP contribution in [0.1, 0.15) is 53.1 Å². The summed E-state index contributed by atoms with van der Waals surface area (Å²) in [6.07, 6.45) is 6.47. The van der Waals surface area contributed by atoms with E-state index in [0.29, 0.717) is 29.8 Å². The Labute approximate surface area is 206 Å². The molecule has 3 aromatic rings. The van der Waals surface area contributed by atoms with E-state index in [4.69, 9.17) is 15.0 Å². The molecule has 0 saturated carbocycles. The summed E-state index contributed by atoms with van der Waals surface area (Å²) in [5.41, 5.74) is 10.3. The van der Waals surface area contributed by atoms with E-state index in [-0.39, 0.29) is 5.91 Å². The predicted molar refractivity (Wildman–Crippen MR) is 134 cm³/mol. The first kappa shape index (κ1) is 23.4. The van der Waals surface area contributed by atoms with Gasteiger partial charge in [-0.1, -0.05) is 17.3 Å². The molecule has 0 spiro atoms. The van der Waals surface area contributed by atoms with Gasteiger partial charge in [-0.2, -0.15) is 0 Å². The fraction of sp³-hybridized carbons (Fsp3) is 0.444. The van der Waals surface area contributed by atoms with Crippen LogP contribution in [0.4, 0.5) is 5.82 Å². The van der Waals surface area contributed by atoms with Crippen molar-refractivity contribution in [2.75, 3.05) is 31.9 Å². The Morgan fingerprint density at radius 1 is 1.09 bits per heavy atom. The molecule has 2 N–H and O–H groups in total. The van der Waals surface area contributed by atoms with Gasteiger partial charge in [-0.3, -0.25) is 4.79 Å². The predicted octanol–water partition coefficient (Wildman–Crippen LogP) is 4.22. The molecule has 5 rings (SSSR count). The number of carbonyl (C=O) groups excluding carboxylic acids is 1. The lowest BCUT2D eigenvalue weighted by molar-refractivity contribution is 0.0644. The van der Waals surface area contributed by atoms with E-state index in [9.17, 15) is 4.79 Å². The van der Waals surface area contributed by atoms with Crippen molar-refractivity contribution in [1.29, 1.82) is 0 Å². The molecule has 184 valence electrons. The maximum Gasteiger partial charge on any atom is 0.253 e. The minimum atomic E-state index is 0.107. The topological polar surface area (TPSA) is 97.7 Å². The first-order chi connectivity index (χ1) is 17.0. The minimum absolute atomic E-state index is 0.107. The molecule has 2 saturated heterocycles. The van der Waals surface area contributed by atoms with Crippen molar-refractivity contribution in [3.8, 4) is 16.9 Å². The number of hydrogen-bond acceptors (Lipinski definition) is 7. The quantitative estimate of drug-likeness (QED) is 0.570. The number of rotatable bonds is 6. The van der Waals surface area contributed by atoms with Gasteiger partial charge in [0, 0.05) is 36.5 Å². The molecular weight excluding hydrogens is 442 g/mol. The summed E-state index contributed by atoms with van der Waals surface area (Å²) in [7, 11) is 0. The zero-order valence-corrected chi connectivity index (χ0v) is 20.5. The Kier molecular flexibility index (Phi) is 6.72. The zero-order chi connectivity index (χ0) is 24.4. The number of likely N-dealkylation sites (tertiary alicyclic amines) is 2. The molecule has 0 radical (unpaired) electrons. The monoisotopic (exact) mass is 475 g/mol. The van der Waals surface area contributed by atoms with Gasteiger partial charge in [-0.15, -0.1) is 0 Å². The van der Waals surface area contributed by atoms with Crippen molar-refractivity contribution >= 4 is 11.7 Å². The molecule has 0 atom stereocenters. The molecule has 2 aromatic heterocycles. The first-order valence-corrected chi connectivity index (χ1v) is 12.4. The van der Waals surface area contributed by atoms with Crippen LogP contribution in [0.5, 0.6) is 5.75 Å². The second-order valence-corrected chi connectivity index (χ2v) is 9.54. The van der Waals surface area contributed by atoms with E-state index >= 15 is 0 Å². The van der Waals surface area contributed by atoms with Crippen LogP contribution in [-0.4, -0.2) is 58.1 Å². The molecule has 8 nitrogen and oxygen atoms in total. The molecule has 2 fully saturated rings. The smallest absolute Gasteiger partial charge is 0.253 e. The highest BCUT2D eigenvalue weighted by Crippen LogP contribution is 2.29. The van der Waals surface area contributed by atoms with Gasteiger partial charge < -0.3 is 24.8 Å². The van der Waals surface area contributed by atoms with Crippen LogP contribution in [0.3, 0.4) is 0 Å². The largest absolute Gasteiger partial charge is 0.485 e. The summed E-state index contributed by atoms with van der Waals surface area (Å²) < 4.78 is 11.1. The van der Waals surface area contributed by atoms with Gasteiger partial charge in [0.2, 0.25) is 0 Å². The molecule has 0 aliphatic carbocycles. The summed E-state index contributed by atoms with van der Waals surface area (Å²) >= 11 is 0. The van der Waals surface area contributed by atoms with E-state index in [1.165, 1.54) is 25.9 Å². The zero-order valence-electron chi connectivity index (χ0n) is 20.5. The molecule has 2 aliphatic rings. The summed E-state index contributed by atoms with van der Waals surface area (Å²) in [6, 6.07) is 10.2. The third-order valence-corrected chi connectivity index (χ3v) is 7.31. The number of benzene rings is 1. The molecule has 1 amide bonds. The fourth-order valence-corrected chi connectivity index (χ4v) is 5.12. The number of aromatic nitrogens is 2. The van der Waals surface area contributed by atoms with Gasteiger partial charge in [0.1, 0.15) is 12.4 Å². The molecule has 1 aromatic carbocycles. The van der Waals surface area contributed by atoms with Crippen LogP contribution >= 0.6 is 0 Å². The lowest BCUT2D eigenvalue weighted by Gasteiger charge is -2.36. The molecule has 35 heavy (non-hydrogen) atoms. The molecule has 0 bridgehead atoms. The van der Waals surface area contributed by atoms with E-state index < -0.39 is 0 Å². The summed E-state index contributed by atoms with van der Waals surface area (Å²) in [4.78, 5) is 22.0. The number of nitrogens with zero attached hydrogens (tertiary/aromatic N) is 4. The first-order valence-electron chi connectivity index (χ1n) is 12.4. The highest BCUT2D eigenvalue weighted by Gasteiger charge is 2.28. The number of amides is 1. The van der Waals surface area contributed by atoms with Crippen molar-refractivity contribution in [3.63, 3.8) is 0 Å². The van der Waals surface area contributed by atoms with Crippen LogP contribution < -0.4 is 10.5 Å². The molecular formula is C27H33N5O3. The number of nitrogens with two attached hydrogens (primary N) is 1. The van der Waals surface area contributed by atoms with Crippen molar-refractivity contribution in [2.24, 2.45) is 0 Å². The Hall–Kier alpha value is -3.39. The SMILES string of the molecule is Cc1noc(C)c1COc1cc(-c2ccc(C(=O)N3CCC(N4CCCC4)CC3)cc2)cnc1N. The molecule has 0 unspecified atom stereocenters. The second-order valence-electron chi connectivity index (χ2n) is 9.54. The van der Waals surface area contributed by atoms with Gasteiger partial charge in [0.25, 0.3) is 5.91 Å². The van der Waals surface area contributed by atoms with Crippen molar-refractivity contribution in [1.82, 2.24) is 19.9 Å². The maximum absolute atomic E-state index is 13.1. The van der Waals surface area contributed by atoms with Crippen molar-refractivity contribution in [3.05, 3.63) is 59.1 Å². The van der Waals surface area contributed by atoms with E-state index in [2.05, 4.69) is 15.0 Å². The number of pyridine rings is 1. The van der Waals surface area contributed by atoms with Crippen molar-refractivity contribution < 1.29 is 14.1 Å². The highest BCUT2D eigenvalue weighted by atomic mass is 16.5. The number of anilines is 1. The van der Waals surface area contributed by atoms with Gasteiger partial charge in [0.15, 0.2) is 11.6 Å². The average molecular weight is 476 g/mol. The number of nitrogen functional groups attached to an aromatic ring is 1. The lowest BCUT2D eigenvalue weighted by atomic mass is 10.0. The second kappa shape index (κ2) is 10.1. The van der Waals surface area contributed by atoms with Crippen molar-refractivity contribution in [2.45, 2.75) is 52.2 Å². The number of carbonyl (C=O) groups is 1. The Morgan fingerprint density at radius 3 is 2.46 bits per heavy atom. The van der Waals surface area contributed by atoms with Gasteiger partial charge >= 0.3 is 0 Å². The molecule has 4 heterocycles. The average Bonchev–Trinajstić information content (AvgIpc) is 3.54. The van der Waals surface area contributed by atoms with Crippen LogP contribution in [0.15, 0.2) is 41.1 Å². The summed E-state index contributed by atoms with van der Waals surface area (Å²) in [5, 5.41) is 3.96. The van der Waals surface area contributed by atoms with E-state index in [0.717, 1.165) is 54.1 Å². The van der Waals surface area contributed by atoms with E-state index in [1.807, 2.05) is 49.1 Å². The number of piperidine rings is 1. The number of ether oxygens (including phenoxy) is 1. The normalized spacial score (nSPS) is 17.1. The fourth-order valence-electron chi connectivity index (χ4n) is 5.12. The lowest BCUT2D eigenvalue weighted by Crippen LogP contribution is -2.45. The number of aryl methyl sites for hydroxylation is 2. The van der Waals surface area contributed by atoms with Gasteiger partial charge in [-0.05, 0) is 76.4 Å². The Morgan fingerprint density at radius 2 is 1.80 bits per heavy atom. The minimum Gasteiger partial charge on any atom is -0.485 e. The third kappa shape index (κ3) is 5.03. The standard InChI is InChI=1S/C27H33N5O3/c1-18-24(19(2)35-30-18)17-34-25-15-22(16-29-26(25)28)20-5-7-21(8-6-20)27(33)32-13-9-23(10-14-32)31-11-3-4-12-31/h5-8,15-16,23H,3-4,9-14,17H2,1-2H3,(H2,28,29). The van der Waals surface area contributed by atoms with Gasteiger partial charge in [-0.25, -0.2) is 4.98 Å². The molecule has 2 aliphatic heterocycles. The summed E-state index contributed by atoms with van der Waals surface area (Å²) in [5.74, 6) is 1.66. The Bertz CT molecular complexity index is 1160. The Balaban J connectivity index is 1.23. The van der Waals surface area contributed by atoms with E-state index in [1.54, 1.807) is 6.20 Å². The van der Waals surface area contributed by atoms with Gasteiger partial charge in [0.05, 0.1) is 11.3 Å². The van der Waals surface area contributed by atoms with Crippen LogP contribution in [-0.2, 0) is 6.61 Å². The highest BCUT2D eigenvalue weighted by molar-refractivity contribution is 5.94. The third-order valence-electron chi connectivity index (χ3n) is 7.31. The summed E-state index contributed by atoms with van der Waals surface area (Å²) in [6.45, 7) is 8.13. The maximum atomic E-state index is 13.1. The van der Waals surface area contributed by atoms with Crippen LogP contribution in [0.25, 0.3) is 11.1 Å².